The van der Waals surface area contributed by atoms with Crippen LogP contribution in [0.3, 0.4) is 0 Å². The molecule has 0 fully saturated rings. The molecule has 0 bridgehead atoms. The summed E-state index contributed by atoms with van der Waals surface area (Å²) < 4.78 is 5.84. The topological polar surface area (TPSA) is 9.23 Å². The van der Waals surface area contributed by atoms with Gasteiger partial charge >= 0.3 is 0 Å². The van der Waals surface area contributed by atoms with Gasteiger partial charge in [0, 0.05) is 16.8 Å². The molecule has 1 aromatic rings. The second-order valence-corrected chi connectivity index (χ2v) is 6.33. The fourth-order valence-corrected chi connectivity index (χ4v) is 3.57. The monoisotopic (exact) mass is 250 g/mol. The van der Waals surface area contributed by atoms with E-state index in [4.69, 9.17) is 4.74 Å². The standard InChI is InChI=1S/C15H22OS/c1-3-6-12(2)10-16-11-14-9-13-7-4-5-8-15(13)17-14/h4-5,7-8,12,14H,3,6,9-11H2,1-2H3. The molecule has 17 heavy (non-hydrogen) atoms. The second kappa shape index (κ2) is 6.46. The van der Waals surface area contributed by atoms with Crippen LogP contribution in [0.25, 0.3) is 0 Å². The van der Waals surface area contributed by atoms with Crippen molar-refractivity contribution in [3.63, 3.8) is 0 Å². The van der Waals surface area contributed by atoms with Crippen molar-refractivity contribution in [2.24, 2.45) is 5.92 Å². The molecule has 1 aliphatic rings. The number of hydrogen-bond donors (Lipinski definition) is 0. The molecule has 1 nitrogen and oxygen atoms in total. The van der Waals surface area contributed by atoms with Crippen molar-refractivity contribution in [2.75, 3.05) is 13.2 Å². The summed E-state index contributed by atoms with van der Waals surface area (Å²) in [5.74, 6) is 0.703. The molecule has 2 heteroatoms. The molecular formula is C15H22OS. The first-order chi connectivity index (χ1) is 8.29. The van der Waals surface area contributed by atoms with Gasteiger partial charge in [-0.2, -0.15) is 0 Å². The largest absolute Gasteiger partial charge is 0.380 e. The number of rotatable bonds is 6. The maximum atomic E-state index is 5.84. The van der Waals surface area contributed by atoms with E-state index in [1.165, 1.54) is 29.7 Å². The fraction of sp³-hybridized carbons (Fsp3) is 0.600. The highest BCUT2D eigenvalue weighted by Gasteiger charge is 2.21. The summed E-state index contributed by atoms with van der Waals surface area (Å²) in [5, 5.41) is 0.626. The van der Waals surface area contributed by atoms with Crippen LogP contribution in [0, 0.1) is 5.92 Å². The molecular weight excluding hydrogens is 228 g/mol. The zero-order valence-electron chi connectivity index (χ0n) is 10.8. The van der Waals surface area contributed by atoms with Crippen molar-refractivity contribution in [3.05, 3.63) is 29.8 Å². The average molecular weight is 250 g/mol. The summed E-state index contributed by atoms with van der Waals surface area (Å²) in [6, 6.07) is 8.71. The quantitative estimate of drug-likeness (QED) is 0.750. The fourth-order valence-electron chi connectivity index (χ4n) is 2.32. The summed E-state index contributed by atoms with van der Waals surface area (Å²) in [4.78, 5) is 1.45. The Morgan fingerprint density at radius 1 is 1.41 bits per heavy atom. The molecule has 0 N–H and O–H groups in total. The molecule has 1 aromatic carbocycles. The van der Waals surface area contributed by atoms with E-state index in [2.05, 4.69) is 38.1 Å². The van der Waals surface area contributed by atoms with Gasteiger partial charge in [0.25, 0.3) is 0 Å². The first-order valence-corrected chi connectivity index (χ1v) is 7.50. The number of ether oxygens (including phenoxy) is 1. The van der Waals surface area contributed by atoms with Crippen LogP contribution in [-0.4, -0.2) is 18.5 Å². The van der Waals surface area contributed by atoms with Crippen LogP contribution in [0.2, 0.25) is 0 Å². The van der Waals surface area contributed by atoms with Crippen LogP contribution in [0.1, 0.15) is 32.3 Å². The van der Waals surface area contributed by atoms with Crippen LogP contribution in [0.5, 0.6) is 0 Å². The molecule has 94 valence electrons. The molecule has 0 aliphatic carbocycles. The van der Waals surface area contributed by atoms with Gasteiger partial charge in [0.2, 0.25) is 0 Å². The van der Waals surface area contributed by atoms with E-state index in [1.807, 2.05) is 11.8 Å². The van der Waals surface area contributed by atoms with E-state index in [1.54, 1.807) is 0 Å². The third kappa shape index (κ3) is 3.75. The normalized spacial score (nSPS) is 20.2. The molecule has 1 heterocycles. The molecule has 0 radical (unpaired) electrons. The third-order valence-electron chi connectivity index (χ3n) is 3.20. The minimum Gasteiger partial charge on any atom is -0.380 e. The third-order valence-corrected chi connectivity index (χ3v) is 4.49. The maximum absolute atomic E-state index is 5.84. The first-order valence-electron chi connectivity index (χ1n) is 6.62. The van der Waals surface area contributed by atoms with E-state index in [0.717, 1.165) is 13.2 Å². The Morgan fingerprint density at radius 3 is 3.00 bits per heavy atom. The van der Waals surface area contributed by atoms with E-state index in [-0.39, 0.29) is 0 Å². The highest BCUT2D eigenvalue weighted by Crippen LogP contribution is 2.36. The second-order valence-electron chi connectivity index (χ2n) is 4.98. The summed E-state index contributed by atoms with van der Waals surface area (Å²) in [5.41, 5.74) is 1.49. The van der Waals surface area contributed by atoms with Gasteiger partial charge < -0.3 is 4.74 Å². The summed E-state index contributed by atoms with van der Waals surface area (Å²) in [6.07, 6.45) is 3.70. The summed E-state index contributed by atoms with van der Waals surface area (Å²) in [7, 11) is 0. The lowest BCUT2D eigenvalue weighted by Crippen LogP contribution is -2.14. The number of hydrogen-bond acceptors (Lipinski definition) is 2. The zero-order chi connectivity index (χ0) is 12.1. The van der Waals surface area contributed by atoms with E-state index >= 15 is 0 Å². The SMILES string of the molecule is CCCC(C)COCC1Cc2ccccc2S1. The Morgan fingerprint density at radius 2 is 2.24 bits per heavy atom. The van der Waals surface area contributed by atoms with E-state index < -0.39 is 0 Å². The van der Waals surface area contributed by atoms with Gasteiger partial charge in [-0.05, 0) is 30.4 Å². The Bertz CT molecular complexity index is 326. The average Bonchev–Trinajstić information content (AvgIpc) is 2.71. The van der Waals surface area contributed by atoms with Crippen LogP contribution in [0.15, 0.2) is 29.2 Å². The van der Waals surface area contributed by atoms with Gasteiger partial charge in [-0.25, -0.2) is 0 Å². The van der Waals surface area contributed by atoms with Gasteiger partial charge in [0.15, 0.2) is 0 Å². The van der Waals surface area contributed by atoms with Crippen molar-refractivity contribution < 1.29 is 4.74 Å². The van der Waals surface area contributed by atoms with Gasteiger partial charge in [-0.15, -0.1) is 11.8 Å². The molecule has 0 spiro atoms. The van der Waals surface area contributed by atoms with E-state index in [0.29, 0.717) is 11.2 Å². The first kappa shape index (κ1) is 13.0. The van der Waals surface area contributed by atoms with E-state index in [9.17, 15) is 0 Å². The van der Waals surface area contributed by atoms with Crippen LogP contribution >= 0.6 is 11.8 Å². The smallest absolute Gasteiger partial charge is 0.0591 e. The van der Waals surface area contributed by atoms with Crippen molar-refractivity contribution >= 4 is 11.8 Å². The molecule has 0 aromatic heterocycles. The van der Waals surface area contributed by atoms with Gasteiger partial charge in [0.1, 0.15) is 0 Å². The maximum Gasteiger partial charge on any atom is 0.0591 e. The Kier molecular flexibility index (Phi) is 4.93. The van der Waals surface area contributed by atoms with Crippen molar-refractivity contribution in [3.8, 4) is 0 Å². The van der Waals surface area contributed by atoms with Gasteiger partial charge in [-0.3, -0.25) is 0 Å². The lowest BCUT2D eigenvalue weighted by atomic mass is 10.1. The minimum absolute atomic E-state index is 0.626. The summed E-state index contributed by atoms with van der Waals surface area (Å²) in [6.45, 7) is 6.33. The molecule has 1 aliphatic heterocycles. The number of benzene rings is 1. The molecule has 2 rings (SSSR count). The predicted octanol–water partition coefficient (Wildman–Crippen LogP) is 4.16. The Balaban J connectivity index is 1.70. The van der Waals surface area contributed by atoms with Crippen molar-refractivity contribution in [1.82, 2.24) is 0 Å². The lowest BCUT2D eigenvalue weighted by molar-refractivity contribution is 0.103. The minimum atomic E-state index is 0.626. The Labute approximate surface area is 109 Å². The van der Waals surface area contributed by atoms with Crippen LogP contribution in [-0.2, 0) is 11.2 Å². The number of fused-ring (bicyclic) bond motifs is 1. The highest BCUT2D eigenvalue weighted by atomic mass is 32.2. The zero-order valence-corrected chi connectivity index (χ0v) is 11.6. The highest BCUT2D eigenvalue weighted by molar-refractivity contribution is 8.00. The van der Waals surface area contributed by atoms with Crippen molar-refractivity contribution in [1.29, 1.82) is 0 Å². The lowest BCUT2D eigenvalue weighted by Gasteiger charge is -2.13. The van der Waals surface area contributed by atoms with Crippen molar-refractivity contribution in [2.45, 2.75) is 43.3 Å². The molecule has 0 saturated carbocycles. The van der Waals surface area contributed by atoms with Gasteiger partial charge in [-0.1, -0.05) is 38.5 Å². The molecule has 2 unspecified atom stereocenters. The molecule has 0 saturated heterocycles. The van der Waals surface area contributed by atoms with Crippen LogP contribution < -0.4 is 0 Å². The van der Waals surface area contributed by atoms with Crippen LogP contribution in [0.4, 0.5) is 0 Å². The van der Waals surface area contributed by atoms with Gasteiger partial charge in [0.05, 0.1) is 6.61 Å². The predicted molar refractivity (Wildman–Crippen MR) is 74.7 cm³/mol. The molecule has 2 atom stereocenters. The number of thioether (sulfide) groups is 1. The summed E-state index contributed by atoms with van der Waals surface area (Å²) >= 11 is 1.98. The Hall–Kier alpha value is -0.470. The molecule has 0 amide bonds.